The average Bonchev–Trinajstić information content (AvgIpc) is 3.28. The summed E-state index contributed by atoms with van der Waals surface area (Å²) in [5, 5.41) is 0. The lowest BCUT2D eigenvalue weighted by Crippen LogP contribution is -2.45. The Morgan fingerprint density at radius 3 is 2.03 bits per heavy atom. The fourth-order valence-corrected chi connectivity index (χ4v) is 3.89. The van der Waals surface area contributed by atoms with E-state index in [2.05, 4.69) is 40.1 Å². The van der Waals surface area contributed by atoms with Crippen LogP contribution in [0, 0.1) is 0 Å². The van der Waals surface area contributed by atoms with Gasteiger partial charge in [-0.15, -0.1) is 0 Å². The van der Waals surface area contributed by atoms with E-state index in [0.29, 0.717) is 23.1 Å². The summed E-state index contributed by atoms with van der Waals surface area (Å²) in [5.74, 6) is 2.24. The van der Waals surface area contributed by atoms with Gasteiger partial charge in [-0.2, -0.15) is 0 Å². The zero-order valence-electron chi connectivity index (χ0n) is 18.3. The molecular weight excluding hydrogens is 394 g/mol. The molecule has 1 aliphatic rings. The maximum atomic E-state index is 5.76. The van der Waals surface area contributed by atoms with E-state index in [1.54, 1.807) is 27.6 Å². The van der Waals surface area contributed by atoms with Crippen LogP contribution in [0.15, 0.2) is 53.1 Å². The molecule has 0 unspecified atom stereocenters. The van der Waals surface area contributed by atoms with Gasteiger partial charge in [0, 0.05) is 44.8 Å². The van der Waals surface area contributed by atoms with Crippen LogP contribution in [0.4, 0.5) is 0 Å². The molecule has 1 aliphatic heterocycles. The monoisotopic (exact) mass is 423 g/mol. The summed E-state index contributed by atoms with van der Waals surface area (Å²) < 4.78 is 22.0. The van der Waals surface area contributed by atoms with E-state index in [9.17, 15) is 0 Å². The van der Waals surface area contributed by atoms with E-state index in [1.807, 2.05) is 12.1 Å². The molecule has 0 radical (unpaired) electrons. The number of methoxy groups -OCH3 is 3. The van der Waals surface area contributed by atoms with Crippen molar-refractivity contribution in [2.24, 2.45) is 0 Å². The third-order valence-electron chi connectivity index (χ3n) is 5.56. The Morgan fingerprint density at radius 2 is 1.45 bits per heavy atom. The van der Waals surface area contributed by atoms with Crippen molar-refractivity contribution in [3.8, 4) is 28.7 Å². The molecule has 7 heteroatoms. The van der Waals surface area contributed by atoms with Crippen molar-refractivity contribution in [1.82, 2.24) is 14.8 Å². The minimum atomic E-state index is 0.539. The maximum absolute atomic E-state index is 5.76. The second kappa shape index (κ2) is 9.85. The Morgan fingerprint density at radius 1 is 0.839 bits per heavy atom. The number of hydrogen-bond acceptors (Lipinski definition) is 7. The molecule has 0 amide bonds. The van der Waals surface area contributed by atoms with Gasteiger partial charge in [0.05, 0.1) is 27.0 Å². The molecule has 3 aromatic rings. The molecule has 0 bridgehead atoms. The smallest absolute Gasteiger partial charge is 0.226 e. The fraction of sp³-hybridized carbons (Fsp3) is 0.375. The second-order valence-corrected chi connectivity index (χ2v) is 7.60. The minimum absolute atomic E-state index is 0.539. The highest BCUT2D eigenvalue weighted by molar-refractivity contribution is 5.65. The lowest BCUT2D eigenvalue weighted by atomic mass is 10.2. The number of ether oxygens (including phenoxy) is 3. The molecule has 0 saturated carbocycles. The van der Waals surface area contributed by atoms with Gasteiger partial charge in [-0.3, -0.25) is 9.80 Å². The summed E-state index contributed by atoms with van der Waals surface area (Å²) in [6, 6.07) is 14.3. The van der Waals surface area contributed by atoms with Gasteiger partial charge < -0.3 is 18.6 Å². The largest absolute Gasteiger partial charge is 0.493 e. The topological polar surface area (TPSA) is 60.2 Å². The first-order valence-electron chi connectivity index (χ1n) is 10.4. The Balaban J connectivity index is 1.38. The molecule has 1 aromatic heterocycles. The van der Waals surface area contributed by atoms with Gasteiger partial charge >= 0.3 is 0 Å². The van der Waals surface area contributed by atoms with Crippen molar-refractivity contribution in [2.45, 2.75) is 13.1 Å². The maximum Gasteiger partial charge on any atom is 0.226 e. The van der Waals surface area contributed by atoms with Crippen LogP contribution in [-0.2, 0) is 13.1 Å². The molecule has 2 heterocycles. The van der Waals surface area contributed by atoms with Crippen LogP contribution in [-0.4, -0.2) is 62.3 Å². The SMILES string of the molecule is COc1cc(-c2nc(CN3CCN(Cc4ccccc4)CC3)co2)cc(OC)c1OC. The summed E-state index contributed by atoms with van der Waals surface area (Å²) in [6.07, 6.45) is 1.73. The third kappa shape index (κ3) is 5.00. The number of nitrogens with zero attached hydrogens (tertiary/aromatic N) is 3. The van der Waals surface area contributed by atoms with Crippen molar-refractivity contribution >= 4 is 0 Å². The number of piperazine rings is 1. The summed E-state index contributed by atoms with van der Waals surface area (Å²) in [4.78, 5) is 9.60. The number of rotatable bonds is 8. The van der Waals surface area contributed by atoms with Crippen LogP contribution < -0.4 is 14.2 Å². The Kier molecular flexibility index (Phi) is 6.74. The predicted octanol–water partition coefficient (Wildman–Crippen LogP) is 3.69. The van der Waals surface area contributed by atoms with Gasteiger partial charge in [0.25, 0.3) is 0 Å². The van der Waals surface area contributed by atoms with Crippen LogP contribution in [0.2, 0.25) is 0 Å². The van der Waals surface area contributed by atoms with Gasteiger partial charge in [-0.05, 0) is 17.7 Å². The number of oxazole rings is 1. The summed E-state index contributed by atoms with van der Waals surface area (Å²) >= 11 is 0. The van der Waals surface area contributed by atoms with Crippen LogP contribution in [0.3, 0.4) is 0 Å². The molecule has 0 spiro atoms. The molecule has 0 aliphatic carbocycles. The lowest BCUT2D eigenvalue weighted by molar-refractivity contribution is 0.121. The van der Waals surface area contributed by atoms with Crippen LogP contribution in [0.1, 0.15) is 11.3 Å². The highest BCUT2D eigenvalue weighted by Gasteiger charge is 2.20. The average molecular weight is 424 g/mol. The van der Waals surface area contributed by atoms with Crippen molar-refractivity contribution in [1.29, 1.82) is 0 Å². The number of aromatic nitrogens is 1. The van der Waals surface area contributed by atoms with Crippen molar-refractivity contribution in [3.63, 3.8) is 0 Å². The van der Waals surface area contributed by atoms with Gasteiger partial charge in [0.2, 0.25) is 11.6 Å². The van der Waals surface area contributed by atoms with E-state index >= 15 is 0 Å². The zero-order chi connectivity index (χ0) is 21.6. The molecule has 0 N–H and O–H groups in total. The summed E-state index contributed by atoms with van der Waals surface area (Å²) in [5.41, 5.74) is 3.07. The predicted molar refractivity (Wildman–Crippen MR) is 119 cm³/mol. The van der Waals surface area contributed by atoms with Crippen molar-refractivity contribution < 1.29 is 18.6 Å². The quantitative estimate of drug-likeness (QED) is 0.548. The van der Waals surface area contributed by atoms with Crippen molar-refractivity contribution in [3.05, 3.63) is 60.0 Å². The van der Waals surface area contributed by atoms with E-state index in [1.165, 1.54) is 5.56 Å². The van der Waals surface area contributed by atoms with Gasteiger partial charge in [-0.1, -0.05) is 30.3 Å². The minimum Gasteiger partial charge on any atom is -0.493 e. The number of benzene rings is 2. The molecule has 2 aromatic carbocycles. The Hall–Kier alpha value is -3.03. The fourth-order valence-electron chi connectivity index (χ4n) is 3.89. The van der Waals surface area contributed by atoms with Crippen LogP contribution in [0.5, 0.6) is 17.2 Å². The molecule has 31 heavy (non-hydrogen) atoms. The van der Waals surface area contributed by atoms with Gasteiger partial charge in [0.15, 0.2) is 11.5 Å². The van der Waals surface area contributed by atoms with E-state index in [-0.39, 0.29) is 0 Å². The summed E-state index contributed by atoms with van der Waals surface area (Å²) in [7, 11) is 4.78. The first-order valence-corrected chi connectivity index (χ1v) is 10.4. The highest BCUT2D eigenvalue weighted by atomic mass is 16.5. The Bertz CT molecular complexity index is 956. The molecule has 1 fully saturated rings. The first-order chi connectivity index (χ1) is 15.2. The van der Waals surface area contributed by atoms with Crippen LogP contribution >= 0.6 is 0 Å². The van der Waals surface area contributed by atoms with E-state index in [0.717, 1.165) is 50.5 Å². The normalized spacial score (nSPS) is 15.1. The van der Waals surface area contributed by atoms with Gasteiger partial charge in [-0.25, -0.2) is 4.98 Å². The van der Waals surface area contributed by atoms with Gasteiger partial charge in [0.1, 0.15) is 6.26 Å². The second-order valence-electron chi connectivity index (χ2n) is 7.60. The zero-order valence-corrected chi connectivity index (χ0v) is 18.3. The molecule has 164 valence electrons. The molecule has 1 saturated heterocycles. The standard InChI is InChI=1S/C24H29N3O4/c1-28-21-13-19(14-22(29-2)23(21)30-3)24-25-20(17-31-24)16-27-11-9-26(10-12-27)15-18-7-5-4-6-8-18/h4-8,13-14,17H,9-12,15-16H2,1-3H3. The summed E-state index contributed by atoms with van der Waals surface area (Å²) in [6.45, 7) is 5.90. The molecule has 0 atom stereocenters. The van der Waals surface area contributed by atoms with E-state index < -0.39 is 0 Å². The van der Waals surface area contributed by atoms with Crippen molar-refractivity contribution in [2.75, 3.05) is 47.5 Å². The Labute approximate surface area is 183 Å². The number of hydrogen-bond donors (Lipinski definition) is 0. The van der Waals surface area contributed by atoms with E-state index in [4.69, 9.17) is 23.6 Å². The van der Waals surface area contributed by atoms with Crippen LogP contribution in [0.25, 0.3) is 11.5 Å². The third-order valence-corrected chi connectivity index (χ3v) is 5.56. The highest BCUT2D eigenvalue weighted by Crippen LogP contribution is 2.41. The lowest BCUT2D eigenvalue weighted by Gasteiger charge is -2.34. The molecule has 4 rings (SSSR count). The first kappa shape index (κ1) is 21.2. The molecule has 7 nitrogen and oxygen atoms in total. The molecular formula is C24H29N3O4.